The monoisotopic (exact) mass is 230 g/mol. The lowest BCUT2D eigenvalue weighted by molar-refractivity contribution is -0.126. The summed E-state index contributed by atoms with van der Waals surface area (Å²) in [6.07, 6.45) is 2.84. The van der Waals surface area contributed by atoms with Crippen molar-refractivity contribution < 1.29 is 14.6 Å². The van der Waals surface area contributed by atoms with Crippen LogP contribution in [0.4, 0.5) is 0 Å². The van der Waals surface area contributed by atoms with Crippen LogP contribution in [0.1, 0.15) is 32.6 Å². The SMILES string of the molecule is CCCC(N)C(=O)NC1(CO)CCOCC1. The Morgan fingerprint density at radius 2 is 2.19 bits per heavy atom. The normalized spacial score (nSPS) is 21.4. The average Bonchev–Trinajstić information content (AvgIpc) is 2.30. The molecule has 0 saturated carbocycles. The molecule has 5 heteroatoms. The smallest absolute Gasteiger partial charge is 0.237 e. The molecule has 0 bridgehead atoms. The quantitative estimate of drug-likeness (QED) is 0.609. The second kappa shape index (κ2) is 6.18. The van der Waals surface area contributed by atoms with Crippen LogP contribution in [0, 0.1) is 0 Å². The molecule has 1 amide bonds. The van der Waals surface area contributed by atoms with Gasteiger partial charge in [0, 0.05) is 13.2 Å². The Balaban J connectivity index is 2.51. The van der Waals surface area contributed by atoms with Crippen molar-refractivity contribution in [3.05, 3.63) is 0 Å². The van der Waals surface area contributed by atoms with Crippen LogP contribution in [0.3, 0.4) is 0 Å². The first-order chi connectivity index (χ1) is 7.63. The maximum atomic E-state index is 11.8. The molecule has 5 nitrogen and oxygen atoms in total. The maximum absolute atomic E-state index is 11.8. The molecular weight excluding hydrogens is 208 g/mol. The number of hydrogen-bond donors (Lipinski definition) is 3. The summed E-state index contributed by atoms with van der Waals surface area (Å²) in [7, 11) is 0. The molecule has 1 heterocycles. The van der Waals surface area contributed by atoms with Crippen molar-refractivity contribution >= 4 is 5.91 Å². The third-order valence-electron chi connectivity index (χ3n) is 3.08. The Bertz CT molecular complexity index is 227. The summed E-state index contributed by atoms with van der Waals surface area (Å²) in [6.45, 7) is 3.08. The van der Waals surface area contributed by atoms with Crippen molar-refractivity contribution in [2.24, 2.45) is 5.73 Å². The van der Waals surface area contributed by atoms with E-state index in [1.165, 1.54) is 0 Å². The Hall–Kier alpha value is -0.650. The molecular formula is C11H22N2O3. The summed E-state index contributed by atoms with van der Waals surface area (Å²) in [5, 5.41) is 12.3. The molecule has 94 valence electrons. The molecule has 1 unspecified atom stereocenters. The van der Waals surface area contributed by atoms with Crippen LogP contribution < -0.4 is 11.1 Å². The van der Waals surface area contributed by atoms with Gasteiger partial charge in [0.2, 0.25) is 5.91 Å². The maximum Gasteiger partial charge on any atom is 0.237 e. The zero-order valence-corrected chi connectivity index (χ0v) is 9.87. The highest BCUT2D eigenvalue weighted by atomic mass is 16.5. The van der Waals surface area contributed by atoms with Crippen molar-refractivity contribution in [3.8, 4) is 0 Å². The van der Waals surface area contributed by atoms with E-state index in [1.807, 2.05) is 6.92 Å². The first-order valence-corrected chi connectivity index (χ1v) is 5.90. The van der Waals surface area contributed by atoms with Crippen molar-refractivity contribution in [1.82, 2.24) is 5.32 Å². The zero-order chi connectivity index (χ0) is 12.0. The van der Waals surface area contributed by atoms with Gasteiger partial charge in [-0.05, 0) is 19.3 Å². The minimum Gasteiger partial charge on any atom is -0.394 e. The zero-order valence-electron chi connectivity index (χ0n) is 9.87. The summed E-state index contributed by atoms with van der Waals surface area (Å²) in [5.41, 5.74) is 5.21. The van der Waals surface area contributed by atoms with Crippen LogP contribution in [0.25, 0.3) is 0 Å². The second-order valence-electron chi connectivity index (χ2n) is 4.44. The van der Waals surface area contributed by atoms with E-state index in [0.29, 0.717) is 32.5 Å². The third-order valence-corrected chi connectivity index (χ3v) is 3.08. The van der Waals surface area contributed by atoms with E-state index in [9.17, 15) is 9.90 Å². The number of carbonyl (C=O) groups is 1. The lowest BCUT2D eigenvalue weighted by Crippen LogP contribution is -2.58. The van der Waals surface area contributed by atoms with Crippen LogP contribution >= 0.6 is 0 Å². The molecule has 0 spiro atoms. The van der Waals surface area contributed by atoms with E-state index in [4.69, 9.17) is 10.5 Å². The molecule has 0 aromatic rings. The molecule has 0 aromatic carbocycles. The third kappa shape index (κ3) is 3.43. The van der Waals surface area contributed by atoms with Gasteiger partial charge in [-0.1, -0.05) is 13.3 Å². The fourth-order valence-electron chi connectivity index (χ4n) is 1.88. The number of hydrogen-bond acceptors (Lipinski definition) is 4. The van der Waals surface area contributed by atoms with E-state index < -0.39 is 11.6 Å². The first-order valence-electron chi connectivity index (χ1n) is 5.90. The lowest BCUT2D eigenvalue weighted by Gasteiger charge is -2.37. The van der Waals surface area contributed by atoms with Gasteiger partial charge >= 0.3 is 0 Å². The van der Waals surface area contributed by atoms with Crippen LogP contribution in [0.2, 0.25) is 0 Å². The molecule has 16 heavy (non-hydrogen) atoms. The van der Waals surface area contributed by atoms with Gasteiger partial charge < -0.3 is 20.9 Å². The number of ether oxygens (including phenoxy) is 1. The average molecular weight is 230 g/mol. The van der Waals surface area contributed by atoms with Crippen molar-refractivity contribution in [3.63, 3.8) is 0 Å². The molecule has 0 aromatic heterocycles. The molecule has 1 aliphatic heterocycles. The number of carbonyl (C=O) groups excluding carboxylic acids is 1. The lowest BCUT2D eigenvalue weighted by atomic mass is 9.90. The summed E-state index contributed by atoms with van der Waals surface area (Å²) in [4.78, 5) is 11.8. The summed E-state index contributed by atoms with van der Waals surface area (Å²) in [6, 6.07) is -0.476. The molecule has 1 aliphatic rings. The van der Waals surface area contributed by atoms with E-state index in [-0.39, 0.29) is 12.5 Å². The summed E-state index contributed by atoms with van der Waals surface area (Å²) >= 11 is 0. The van der Waals surface area contributed by atoms with Gasteiger partial charge in [-0.25, -0.2) is 0 Å². The van der Waals surface area contributed by atoms with E-state index in [1.54, 1.807) is 0 Å². The number of rotatable bonds is 5. The first kappa shape index (κ1) is 13.4. The standard InChI is InChI=1S/C11H22N2O3/c1-2-3-9(12)10(15)13-11(8-14)4-6-16-7-5-11/h9,14H,2-8,12H2,1H3,(H,13,15). The predicted octanol–water partition coefficient (Wildman–Crippen LogP) is -0.228. The van der Waals surface area contributed by atoms with Gasteiger partial charge in [-0.3, -0.25) is 4.79 Å². The fourth-order valence-corrected chi connectivity index (χ4v) is 1.88. The van der Waals surface area contributed by atoms with E-state index in [0.717, 1.165) is 6.42 Å². The van der Waals surface area contributed by atoms with Gasteiger partial charge in [-0.15, -0.1) is 0 Å². The molecule has 1 rings (SSSR count). The largest absolute Gasteiger partial charge is 0.394 e. The van der Waals surface area contributed by atoms with E-state index in [2.05, 4.69) is 5.32 Å². The predicted molar refractivity (Wildman–Crippen MR) is 60.9 cm³/mol. The summed E-state index contributed by atoms with van der Waals surface area (Å²) < 4.78 is 5.22. The molecule has 1 atom stereocenters. The minimum absolute atomic E-state index is 0.0546. The van der Waals surface area contributed by atoms with Gasteiger partial charge in [0.1, 0.15) is 0 Å². The number of nitrogens with one attached hydrogen (secondary N) is 1. The number of amides is 1. The van der Waals surface area contributed by atoms with Gasteiger partial charge in [-0.2, -0.15) is 0 Å². The van der Waals surface area contributed by atoms with Crippen molar-refractivity contribution in [1.29, 1.82) is 0 Å². The highest BCUT2D eigenvalue weighted by molar-refractivity contribution is 5.82. The highest BCUT2D eigenvalue weighted by Crippen LogP contribution is 2.20. The van der Waals surface area contributed by atoms with E-state index >= 15 is 0 Å². The molecule has 0 radical (unpaired) electrons. The Labute approximate surface area is 96.3 Å². The number of aliphatic hydroxyl groups is 1. The fraction of sp³-hybridized carbons (Fsp3) is 0.909. The number of nitrogens with two attached hydrogens (primary N) is 1. The molecule has 1 saturated heterocycles. The Morgan fingerprint density at radius 1 is 1.56 bits per heavy atom. The topological polar surface area (TPSA) is 84.6 Å². The highest BCUT2D eigenvalue weighted by Gasteiger charge is 2.34. The van der Waals surface area contributed by atoms with Gasteiger partial charge in [0.15, 0.2) is 0 Å². The van der Waals surface area contributed by atoms with Crippen molar-refractivity contribution in [2.75, 3.05) is 19.8 Å². The number of aliphatic hydroxyl groups excluding tert-OH is 1. The molecule has 0 aliphatic carbocycles. The van der Waals surface area contributed by atoms with Crippen LogP contribution in [0.15, 0.2) is 0 Å². The minimum atomic E-state index is -0.527. The summed E-state index contributed by atoms with van der Waals surface area (Å²) in [5.74, 6) is -0.169. The van der Waals surface area contributed by atoms with Crippen LogP contribution in [-0.2, 0) is 9.53 Å². The Morgan fingerprint density at radius 3 is 2.69 bits per heavy atom. The molecule has 1 fully saturated rings. The Kier molecular flexibility index (Phi) is 5.18. The van der Waals surface area contributed by atoms with Crippen LogP contribution in [0.5, 0.6) is 0 Å². The second-order valence-corrected chi connectivity index (χ2v) is 4.44. The molecule has 4 N–H and O–H groups in total. The van der Waals surface area contributed by atoms with Gasteiger partial charge in [0.05, 0.1) is 18.2 Å². The van der Waals surface area contributed by atoms with Crippen LogP contribution in [-0.4, -0.2) is 42.4 Å². The van der Waals surface area contributed by atoms with Crippen molar-refractivity contribution in [2.45, 2.75) is 44.2 Å². The van der Waals surface area contributed by atoms with Gasteiger partial charge in [0.25, 0.3) is 0 Å².